The lowest BCUT2D eigenvalue weighted by atomic mass is 10.2. The van der Waals surface area contributed by atoms with Gasteiger partial charge >= 0.3 is 5.97 Å². The van der Waals surface area contributed by atoms with Crippen molar-refractivity contribution in [1.82, 2.24) is 4.90 Å². The number of hydrogen-bond donors (Lipinski definition) is 1. The highest BCUT2D eigenvalue weighted by Crippen LogP contribution is 2.02. The molecule has 0 atom stereocenters. The van der Waals surface area contributed by atoms with Crippen LogP contribution in [0.15, 0.2) is 12.2 Å². The van der Waals surface area contributed by atoms with Crippen LogP contribution in [0.3, 0.4) is 0 Å². The fourth-order valence-electron chi connectivity index (χ4n) is 1.17. The number of ether oxygens (including phenoxy) is 1. The maximum absolute atomic E-state index is 11.7. The zero-order valence-corrected chi connectivity index (χ0v) is 9.86. The van der Waals surface area contributed by atoms with Gasteiger partial charge in [0.25, 0.3) is 5.91 Å². The Labute approximate surface area is 95.7 Å². The van der Waals surface area contributed by atoms with Gasteiger partial charge < -0.3 is 14.7 Å². The summed E-state index contributed by atoms with van der Waals surface area (Å²) in [6.45, 7) is 7.81. The first kappa shape index (κ1) is 14.6. The summed E-state index contributed by atoms with van der Waals surface area (Å²) in [6.07, 6.45) is 0.864. The van der Waals surface area contributed by atoms with Crippen LogP contribution in [0.25, 0.3) is 0 Å². The van der Waals surface area contributed by atoms with Crippen LogP contribution in [0.1, 0.15) is 20.3 Å². The summed E-state index contributed by atoms with van der Waals surface area (Å²) in [5.41, 5.74) is 0.220. The smallest absolute Gasteiger partial charge is 0.332 e. The average Bonchev–Trinajstić information content (AvgIpc) is 2.31. The number of rotatable bonds is 7. The molecule has 0 radical (unpaired) electrons. The molecule has 0 fully saturated rings. The highest BCUT2D eigenvalue weighted by atomic mass is 16.5. The minimum Gasteiger partial charge on any atom is -0.459 e. The Morgan fingerprint density at radius 1 is 1.38 bits per heavy atom. The van der Waals surface area contributed by atoms with E-state index in [0.717, 1.165) is 6.42 Å². The van der Waals surface area contributed by atoms with Gasteiger partial charge in [-0.3, -0.25) is 4.79 Å². The van der Waals surface area contributed by atoms with E-state index in [1.54, 1.807) is 4.90 Å². The molecule has 0 saturated carbocycles. The van der Waals surface area contributed by atoms with Crippen molar-refractivity contribution in [1.29, 1.82) is 0 Å². The number of amides is 1. The molecular weight excluding hydrogens is 210 g/mol. The van der Waals surface area contributed by atoms with Crippen LogP contribution in [0.2, 0.25) is 0 Å². The third-order valence-electron chi connectivity index (χ3n) is 2.00. The van der Waals surface area contributed by atoms with E-state index in [9.17, 15) is 9.59 Å². The Morgan fingerprint density at radius 3 is 2.44 bits per heavy atom. The Bertz CT molecular complexity index is 263. The van der Waals surface area contributed by atoms with Gasteiger partial charge in [-0.1, -0.05) is 13.5 Å². The predicted octanol–water partition coefficient (Wildman–Crippen LogP) is 0.337. The molecule has 0 aromatic carbocycles. The molecule has 0 aliphatic heterocycles. The topological polar surface area (TPSA) is 66.8 Å². The molecular formula is C11H19NO4. The second kappa shape index (κ2) is 7.87. The summed E-state index contributed by atoms with van der Waals surface area (Å²) in [5, 5.41) is 8.43. The molecule has 16 heavy (non-hydrogen) atoms. The van der Waals surface area contributed by atoms with Gasteiger partial charge in [-0.05, 0) is 13.3 Å². The van der Waals surface area contributed by atoms with Crippen LogP contribution in [-0.4, -0.2) is 48.2 Å². The fraction of sp³-hybridized carbons (Fsp3) is 0.636. The summed E-state index contributed by atoms with van der Waals surface area (Å²) < 4.78 is 4.61. The summed E-state index contributed by atoms with van der Waals surface area (Å²) in [7, 11) is 0. The number of carbonyl (C=O) groups excluding carboxylic acids is 2. The van der Waals surface area contributed by atoms with Gasteiger partial charge in [-0.25, -0.2) is 4.79 Å². The summed E-state index contributed by atoms with van der Waals surface area (Å²) in [6, 6.07) is 0. The zero-order chi connectivity index (χ0) is 12.6. The first-order valence-corrected chi connectivity index (χ1v) is 5.30. The highest BCUT2D eigenvalue weighted by molar-refractivity contribution is 5.93. The Morgan fingerprint density at radius 2 is 2.00 bits per heavy atom. The number of aliphatic hydroxyl groups excluding tert-OH is 1. The molecule has 1 amide bonds. The quantitative estimate of drug-likeness (QED) is 0.505. The maximum atomic E-state index is 11.7. The summed E-state index contributed by atoms with van der Waals surface area (Å²) >= 11 is 0. The lowest BCUT2D eigenvalue weighted by Crippen LogP contribution is -2.33. The predicted molar refractivity (Wildman–Crippen MR) is 59.7 cm³/mol. The molecule has 5 nitrogen and oxygen atoms in total. The van der Waals surface area contributed by atoms with Crippen LogP contribution < -0.4 is 0 Å². The number of likely N-dealkylation sites (N-methyl/N-ethyl adjacent to an activating group) is 1. The molecule has 0 aliphatic carbocycles. The third-order valence-corrected chi connectivity index (χ3v) is 2.00. The van der Waals surface area contributed by atoms with Crippen molar-refractivity contribution >= 4 is 11.9 Å². The van der Waals surface area contributed by atoms with Crippen molar-refractivity contribution < 1.29 is 19.4 Å². The second-order valence-corrected chi connectivity index (χ2v) is 3.31. The van der Waals surface area contributed by atoms with E-state index in [2.05, 4.69) is 11.3 Å². The monoisotopic (exact) mass is 229 g/mol. The minimum atomic E-state index is -0.757. The number of carbonyl (C=O) groups is 2. The van der Waals surface area contributed by atoms with Crippen LogP contribution in [0, 0.1) is 0 Å². The first-order chi connectivity index (χ1) is 7.56. The SMILES string of the molecule is C=C(COC(=O)CO)C(=O)N(CC)CCC. The van der Waals surface area contributed by atoms with E-state index in [1.165, 1.54) is 0 Å². The van der Waals surface area contributed by atoms with E-state index >= 15 is 0 Å². The molecule has 0 unspecified atom stereocenters. The molecule has 0 aromatic heterocycles. The van der Waals surface area contributed by atoms with Gasteiger partial charge in [0.15, 0.2) is 0 Å². The minimum absolute atomic E-state index is 0.168. The zero-order valence-electron chi connectivity index (χ0n) is 9.86. The van der Waals surface area contributed by atoms with Crippen molar-refractivity contribution in [2.24, 2.45) is 0 Å². The molecule has 0 aromatic rings. The number of hydrogen-bond acceptors (Lipinski definition) is 4. The lowest BCUT2D eigenvalue weighted by Gasteiger charge is -2.20. The van der Waals surface area contributed by atoms with E-state index in [1.807, 2.05) is 13.8 Å². The van der Waals surface area contributed by atoms with Gasteiger partial charge in [0.2, 0.25) is 0 Å². The van der Waals surface area contributed by atoms with Gasteiger partial charge in [-0.2, -0.15) is 0 Å². The maximum Gasteiger partial charge on any atom is 0.332 e. The molecule has 0 saturated heterocycles. The number of nitrogens with zero attached hydrogens (tertiary/aromatic N) is 1. The van der Waals surface area contributed by atoms with E-state index in [4.69, 9.17) is 5.11 Å². The van der Waals surface area contributed by atoms with Crippen LogP contribution in [0.4, 0.5) is 0 Å². The molecule has 1 N–H and O–H groups in total. The van der Waals surface area contributed by atoms with Crippen molar-refractivity contribution in [2.45, 2.75) is 20.3 Å². The summed E-state index contributed by atoms with van der Waals surface area (Å²) in [4.78, 5) is 24.0. The molecule has 0 spiro atoms. The fourth-order valence-corrected chi connectivity index (χ4v) is 1.17. The van der Waals surface area contributed by atoms with Gasteiger partial charge in [0.05, 0.1) is 0 Å². The average molecular weight is 229 g/mol. The Hall–Kier alpha value is -1.36. The largest absolute Gasteiger partial charge is 0.459 e. The standard InChI is InChI=1S/C11H19NO4/c1-4-6-12(5-2)11(15)9(3)8-16-10(14)7-13/h13H,3-8H2,1-2H3. The normalized spacial score (nSPS) is 9.69. The van der Waals surface area contributed by atoms with Crippen molar-refractivity contribution in [2.75, 3.05) is 26.3 Å². The molecule has 0 bridgehead atoms. The second-order valence-electron chi connectivity index (χ2n) is 3.31. The number of esters is 1. The first-order valence-electron chi connectivity index (χ1n) is 5.30. The van der Waals surface area contributed by atoms with Crippen LogP contribution in [-0.2, 0) is 14.3 Å². The Kier molecular flexibility index (Phi) is 7.20. The van der Waals surface area contributed by atoms with Crippen molar-refractivity contribution in [3.8, 4) is 0 Å². The number of aliphatic hydroxyl groups is 1. The molecule has 0 rings (SSSR count). The van der Waals surface area contributed by atoms with Gasteiger partial charge in [-0.15, -0.1) is 0 Å². The van der Waals surface area contributed by atoms with E-state index < -0.39 is 12.6 Å². The summed E-state index contributed by atoms with van der Waals surface area (Å²) in [5.74, 6) is -0.970. The third kappa shape index (κ3) is 4.93. The van der Waals surface area contributed by atoms with Crippen LogP contribution >= 0.6 is 0 Å². The highest BCUT2D eigenvalue weighted by Gasteiger charge is 2.15. The Balaban J connectivity index is 4.15. The van der Waals surface area contributed by atoms with Crippen LogP contribution in [0.5, 0.6) is 0 Å². The molecule has 0 heterocycles. The van der Waals surface area contributed by atoms with Crippen molar-refractivity contribution in [3.05, 3.63) is 12.2 Å². The molecule has 0 aliphatic rings. The van der Waals surface area contributed by atoms with E-state index in [-0.39, 0.29) is 18.1 Å². The molecule has 5 heteroatoms. The van der Waals surface area contributed by atoms with E-state index in [0.29, 0.717) is 13.1 Å². The van der Waals surface area contributed by atoms with Gasteiger partial charge in [0, 0.05) is 18.7 Å². The van der Waals surface area contributed by atoms with Crippen molar-refractivity contribution in [3.63, 3.8) is 0 Å². The lowest BCUT2D eigenvalue weighted by molar-refractivity contribution is -0.146. The van der Waals surface area contributed by atoms with Gasteiger partial charge in [0.1, 0.15) is 13.2 Å². The molecule has 92 valence electrons.